The van der Waals surface area contributed by atoms with Gasteiger partial charge in [0, 0.05) is 37.1 Å². The molecule has 0 atom stereocenters. The SMILES string of the molecule is CC(C)CNC(=O)c1cc(NC(=O)C=Cc2ccccc2)ccc1N1CCC(Cc2ccccc2)CC1. The van der Waals surface area contributed by atoms with Gasteiger partial charge in [0.15, 0.2) is 0 Å². The van der Waals surface area contributed by atoms with Gasteiger partial charge in [-0.25, -0.2) is 0 Å². The second-order valence-electron chi connectivity index (χ2n) is 10.2. The van der Waals surface area contributed by atoms with Crippen LogP contribution in [0.3, 0.4) is 0 Å². The lowest BCUT2D eigenvalue weighted by molar-refractivity contribution is -0.111. The second kappa shape index (κ2) is 12.9. The molecule has 0 saturated carbocycles. The number of carbonyl (C=O) groups excluding carboxylic acids is 2. The van der Waals surface area contributed by atoms with Crippen molar-refractivity contribution in [2.24, 2.45) is 11.8 Å². The molecule has 3 aromatic carbocycles. The van der Waals surface area contributed by atoms with E-state index in [1.807, 2.05) is 42.5 Å². The molecule has 1 fully saturated rings. The number of rotatable bonds is 9. The minimum Gasteiger partial charge on any atom is -0.371 e. The lowest BCUT2D eigenvalue weighted by atomic mass is 9.89. The summed E-state index contributed by atoms with van der Waals surface area (Å²) in [6, 6.07) is 26.0. The van der Waals surface area contributed by atoms with Gasteiger partial charge in [-0.2, -0.15) is 0 Å². The van der Waals surface area contributed by atoms with Gasteiger partial charge in [-0.1, -0.05) is 74.5 Å². The molecular weight excluding hydrogens is 458 g/mol. The molecule has 192 valence electrons. The molecular formula is C32H37N3O2. The van der Waals surface area contributed by atoms with Gasteiger partial charge in [-0.15, -0.1) is 0 Å². The zero-order chi connectivity index (χ0) is 26.0. The van der Waals surface area contributed by atoms with Crippen molar-refractivity contribution in [2.45, 2.75) is 33.1 Å². The van der Waals surface area contributed by atoms with Gasteiger partial charge in [0.1, 0.15) is 0 Å². The zero-order valence-corrected chi connectivity index (χ0v) is 21.8. The molecule has 5 nitrogen and oxygen atoms in total. The summed E-state index contributed by atoms with van der Waals surface area (Å²) in [7, 11) is 0. The molecule has 2 N–H and O–H groups in total. The highest BCUT2D eigenvalue weighted by atomic mass is 16.2. The highest BCUT2D eigenvalue weighted by molar-refractivity contribution is 6.05. The van der Waals surface area contributed by atoms with E-state index >= 15 is 0 Å². The molecule has 37 heavy (non-hydrogen) atoms. The Morgan fingerprint density at radius 2 is 1.62 bits per heavy atom. The monoisotopic (exact) mass is 495 g/mol. The van der Waals surface area contributed by atoms with Gasteiger partial charge in [-0.3, -0.25) is 9.59 Å². The lowest BCUT2D eigenvalue weighted by Crippen LogP contribution is -2.36. The zero-order valence-electron chi connectivity index (χ0n) is 21.8. The topological polar surface area (TPSA) is 61.4 Å². The number of benzene rings is 3. The smallest absolute Gasteiger partial charge is 0.253 e. The fourth-order valence-corrected chi connectivity index (χ4v) is 4.71. The maximum absolute atomic E-state index is 13.2. The van der Waals surface area contributed by atoms with Crippen molar-refractivity contribution in [2.75, 3.05) is 29.9 Å². The lowest BCUT2D eigenvalue weighted by Gasteiger charge is -2.35. The van der Waals surface area contributed by atoms with Crippen molar-refractivity contribution in [3.63, 3.8) is 0 Å². The van der Waals surface area contributed by atoms with Gasteiger partial charge in [0.2, 0.25) is 5.91 Å². The van der Waals surface area contributed by atoms with Crippen LogP contribution in [0.25, 0.3) is 6.08 Å². The van der Waals surface area contributed by atoms with Crippen LogP contribution in [-0.2, 0) is 11.2 Å². The fourth-order valence-electron chi connectivity index (χ4n) is 4.71. The summed E-state index contributed by atoms with van der Waals surface area (Å²) in [6.45, 7) is 6.58. The summed E-state index contributed by atoms with van der Waals surface area (Å²) >= 11 is 0. The number of nitrogens with one attached hydrogen (secondary N) is 2. The molecule has 1 heterocycles. The van der Waals surface area contributed by atoms with Crippen LogP contribution in [0.1, 0.15) is 48.2 Å². The van der Waals surface area contributed by atoms with Crippen molar-refractivity contribution < 1.29 is 9.59 Å². The van der Waals surface area contributed by atoms with E-state index in [0.717, 1.165) is 43.6 Å². The summed E-state index contributed by atoms with van der Waals surface area (Å²) in [5.74, 6) is 0.664. The predicted octanol–water partition coefficient (Wildman–Crippen LogP) is 6.18. The first-order valence-electron chi connectivity index (χ1n) is 13.2. The molecule has 1 saturated heterocycles. The van der Waals surface area contributed by atoms with E-state index in [1.54, 1.807) is 12.1 Å². The number of anilines is 2. The van der Waals surface area contributed by atoms with Crippen molar-refractivity contribution in [1.29, 1.82) is 0 Å². The molecule has 0 aromatic heterocycles. The van der Waals surface area contributed by atoms with Crippen molar-refractivity contribution in [3.8, 4) is 0 Å². The minimum absolute atomic E-state index is 0.106. The third-order valence-corrected chi connectivity index (χ3v) is 6.73. The van der Waals surface area contributed by atoms with E-state index in [9.17, 15) is 9.59 Å². The molecule has 2 amide bonds. The predicted molar refractivity (Wildman–Crippen MR) is 153 cm³/mol. The molecule has 0 unspecified atom stereocenters. The Kier molecular flexibility index (Phi) is 9.14. The maximum atomic E-state index is 13.2. The van der Waals surface area contributed by atoms with E-state index < -0.39 is 0 Å². The molecule has 1 aliphatic rings. The first-order chi connectivity index (χ1) is 18.0. The van der Waals surface area contributed by atoms with Crippen LogP contribution in [-0.4, -0.2) is 31.4 Å². The Morgan fingerprint density at radius 1 is 0.946 bits per heavy atom. The van der Waals surface area contributed by atoms with Crippen molar-refractivity contribution in [1.82, 2.24) is 5.32 Å². The Morgan fingerprint density at radius 3 is 2.30 bits per heavy atom. The first kappa shape index (κ1) is 26.2. The Balaban J connectivity index is 1.46. The van der Waals surface area contributed by atoms with Gasteiger partial charge < -0.3 is 15.5 Å². The average molecular weight is 496 g/mol. The number of hydrogen-bond acceptors (Lipinski definition) is 3. The van der Waals surface area contributed by atoms with Crippen molar-refractivity contribution >= 4 is 29.3 Å². The van der Waals surface area contributed by atoms with E-state index in [2.05, 4.69) is 59.7 Å². The summed E-state index contributed by atoms with van der Waals surface area (Å²) in [6.07, 6.45) is 6.56. The van der Waals surface area contributed by atoms with Gasteiger partial charge in [-0.05, 0) is 66.5 Å². The van der Waals surface area contributed by atoms with Gasteiger partial charge >= 0.3 is 0 Å². The molecule has 0 aliphatic carbocycles. The standard InChI is InChI=1S/C32H37N3O2/c1-24(2)23-33-32(37)29-22-28(34-31(36)16-13-25-9-5-3-6-10-25)14-15-30(29)35-19-17-27(18-20-35)21-26-11-7-4-8-12-26/h3-16,22,24,27H,17-21,23H2,1-2H3,(H,33,37)(H,34,36). The molecule has 3 aromatic rings. The Labute approximate surface area is 220 Å². The van der Waals surface area contributed by atoms with Crippen LogP contribution in [0.4, 0.5) is 11.4 Å². The number of carbonyl (C=O) groups is 2. The molecule has 5 heteroatoms. The number of hydrogen-bond donors (Lipinski definition) is 2. The highest BCUT2D eigenvalue weighted by Gasteiger charge is 2.24. The van der Waals surface area contributed by atoms with E-state index in [1.165, 1.54) is 11.6 Å². The summed E-state index contributed by atoms with van der Waals surface area (Å²) in [4.78, 5) is 28.1. The van der Waals surface area contributed by atoms with Crippen LogP contribution in [0.5, 0.6) is 0 Å². The number of piperidine rings is 1. The van der Waals surface area contributed by atoms with E-state index in [-0.39, 0.29) is 11.8 Å². The number of nitrogens with zero attached hydrogens (tertiary/aromatic N) is 1. The largest absolute Gasteiger partial charge is 0.371 e. The van der Waals surface area contributed by atoms with Gasteiger partial charge in [0.05, 0.1) is 5.56 Å². The van der Waals surface area contributed by atoms with Crippen LogP contribution in [0, 0.1) is 11.8 Å². The molecule has 0 spiro atoms. The van der Waals surface area contributed by atoms with Crippen LogP contribution in [0.15, 0.2) is 84.9 Å². The molecule has 4 rings (SSSR count). The third-order valence-electron chi connectivity index (χ3n) is 6.73. The Bertz CT molecular complexity index is 1200. The second-order valence-corrected chi connectivity index (χ2v) is 10.2. The quantitative estimate of drug-likeness (QED) is 0.348. The fraction of sp³-hybridized carbons (Fsp3) is 0.312. The molecule has 0 bridgehead atoms. The van der Waals surface area contributed by atoms with Crippen LogP contribution >= 0.6 is 0 Å². The first-order valence-corrected chi connectivity index (χ1v) is 13.2. The van der Waals surface area contributed by atoms with Crippen molar-refractivity contribution in [3.05, 3.63) is 102 Å². The molecule has 0 radical (unpaired) electrons. The van der Waals surface area contributed by atoms with E-state index in [0.29, 0.717) is 29.6 Å². The summed E-state index contributed by atoms with van der Waals surface area (Å²) in [5, 5.41) is 5.97. The Hall–Kier alpha value is -3.86. The molecule has 1 aliphatic heterocycles. The third kappa shape index (κ3) is 7.81. The summed E-state index contributed by atoms with van der Waals surface area (Å²) in [5.41, 5.74) is 4.48. The normalized spacial score (nSPS) is 14.2. The highest BCUT2D eigenvalue weighted by Crippen LogP contribution is 2.30. The number of amides is 2. The van der Waals surface area contributed by atoms with Crippen LogP contribution in [0.2, 0.25) is 0 Å². The van der Waals surface area contributed by atoms with E-state index in [4.69, 9.17) is 0 Å². The minimum atomic E-state index is -0.230. The van der Waals surface area contributed by atoms with Gasteiger partial charge in [0.25, 0.3) is 5.91 Å². The maximum Gasteiger partial charge on any atom is 0.253 e. The average Bonchev–Trinajstić information content (AvgIpc) is 2.92. The van der Waals surface area contributed by atoms with Crippen LogP contribution < -0.4 is 15.5 Å². The summed E-state index contributed by atoms with van der Waals surface area (Å²) < 4.78 is 0.